The van der Waals surface area contributed by atoms with Crippen molar-refractivity contribution in [1.29, 1.82) is 0 Å². The lowest BCUT2D eigenvalue weighted by Crippen LogP contribution is -2.22. The van der Waals surface area contributed by atoms with Gasteiger partial charge in [-0.05, 0) is 38.8 Å². The number of hydrogen-bond acceptors (Lipinski definition) is 3. The summed E-state index contributed by atoms with van der Waals surface area (Å²) in [5.74, 6) is 1.04. The standard InChI is InChI=1S/C17H25N3S/c1-13(12-16-9-8-14(2)21-16)19-17-18-10-11-20(17)15-6-4-3-5-7-15/h8-11,13,15H,3-7,12H2,1-2H3,(H,18,19). The molecule has 0 saturated heterocycles. The van der Waals surface area contributed by atoms with Crippen molar-refractivity contribution < 1.29 is 0 Å². The van der Waals surface area contributed by atoms with Crippen LogP contribution < -0.4 is 5.32 Å². The number of thiophene rings is 1. The Bertz CT molecular complexity index is 566. The predicted octanol–water partition coefficient (Wildman–Crippen LogP) is 4.80. The van der Waals surface area contributed by atoms with Crippen LogP contribution in [0, 0.1) is 6.92 Å². The Kier molecular flexibility index (Phi) is 4.63. The molecular weight excluding hydrogens is 278 g/mol. The number of aryl methyl sites for hydroxylation is 1. The maximum atomic E-state index is 4.53. The zero-order valence-electron chi connectivity index (χ0n) is 13.0. The van der Waals surface area contributed by atoms with Crippen LogP contribution in [0.2, 0.25) is 0 Å². The Morgan fingerprint density at radius 3 is 2.86 bits per heavy atom. The third-order valence-electron chi connectivity index (χ3n) is 4.32. The van der Waals surface area contributed by atoms with Crippen LogP contribution in [0.4, 0.5) is 5.95 Å². The summed E-state index contributed by atoms with van der Waals surface area (Å²) in [7, 11) is 0. The largest absolute Gasteiger partial charge is 0.353 e. The maximum absolute atomic E-state index is 4.53. The van der Waals surface area contributed by atoms with Gasteiger partial charge in [0.2, 0.25) is 5.95 Å². The number of nitrogens with one attached hydrogen (secondary N) is 1. The van der Waals surface area contributed by atoms with Gasteiger partial charge in [0.25, 0.3) is 0 Å². The number of nitrogens with zero attached hydrogens (tertiary/aromatic N) is 2. The van der Waals surface area contributed by atoms with Gasteiger partial charge in [-0.15, -0.1) is 11.3 Å². The zero-order chi connectivity index (χ0) is 14.7. The molecule has 2 aromatic heterocycles. The molecule has 0 aromatic carbocycles. The predicted molar refractivity (Wildman–Crippen MR) is 90.2 cm³/mol. The van der Waals surface area contributed by atoms with Gasteiger partial charge in [-0.3, -0.25) is 0 Å². The highest BCUT2D eigenvalue weighted by Crippen LogP contribution is 2.30. The van der Waals surface area contributed by atoms with Crippen molar-refractivity contribution in [3.63, 3.8) is 0 Å². The smallest absolute Gasteiger partial charge is 0.203 e. The summed E-state index contributed by atoms with van der Waals surface area (Å²) in [6.45, 7) is 4.41. The van der Waals surface area contributed by atoms with E-state index in [9.17, 15) is 0 Å². The van der Waals surface area contributed by atoms with Gasteiger partial charge in [0.1, 0.15) is 0 Å². The minimum Gasteiger partial charge on any atom is -0.353 e. The van der Waals surface area contributed by atoms with E-state index in [1.54, 1.807) is 0 Å². The first-order chi connectivity index (χ1) is 10.2. The Balaban J connectivity index is 1.63. The summed E-state index contributed by atoms with van der Waals surface area (Å²) in [4.78, 5) is 7.37. The first-order valence-corrected chi connectivity index (χ1v) is 8.88. The molecule has 1 saturated carbocycles. The normalized spacial score (nSPS) is 17.8. The van der Waals surface area contributed by atoms with Gasteiger partial charge in [0.05, 0.1) is 0 Å². The average molecular weight is 303 g/mol. The quantitative estimate of drug-likeness (QED) is 0.859. The zero-order valence-corrected chi connectivity index (χ0v) is 13.8. The molecule has 1 aliphatic carbocycles. The fraction of sp³-hybridized carbons (Fsp3) is 0.588. The van der Waals surface area contributed by atoms with E-state index in [4.69, 9.17) is 0 Å². The SMILES string of the molecule is Cc1ccc(CC(C)Nc2nccn2C2CCCCC2)s1. The maximum Gasteiger partial charge on any atom is 0.203 e. The molecule has 1 N–H and O–H groups in total. The van der Waals surface area contributed by atoms with Crippen LogP contribution in [-0.2, 0) is 6.42 Å². The minimum absolute atomic E-state index is 0.410. The van der Waals surface area contributed by atoms with Crippen LogP contribution >= 0.6 is 11.3 Å². The van der Waals surface area contributed by atoms with Crippen molar-refractivity contribution in [2.75, 3.05) is 5.32 Å². The van der Waals surface area contributed by atoms with Crippen LogP contribution in [0.15, 0.2) is 24.5 Å². The number of imidazole rings is 1. The number of hydrogen-bond donors (Lipinski definition) is 1. The minimum atomic E-state index is 0.410. The van der Waals surface area contributed by atoms with Crippen molar-refractivity contribution in [2.45, 2.75) is 64.5 Å². The highest BCUT2D eigenvalue weighted by atomic mass is 32.1. The molecule has 1 unspecified atom stereocenters. The van der Waals surface area contributed by atoms with Crippen molar-refractivity contribution in [3.05, 3.63) is 34.3 Å². The molecule has 1 fully saturated rings. The second-order valence-corrected chi connectivity index (χ2v) is 7.58. The second-order valence-electron chi connectivity index (χ2n) is 6.21. The summed E-state index contributed by atoms with van der Waals surface area (Å²) in [6.07, 6.45) is 11.8. The summed E-state index contributed by atoms with van der Waals surface area (Å²) < 4.78 is 2.36. The van der Waals surface area contributed by atoms with E-state index >= 15 is 0 Å². The van der Waals surface area contributed by atoms with E-state index in [1.165, 1.54) is 41.9 Å². The van der Waals surface area contributed by atoms with Gasteiger partial charge in [0, 0.05) is 40.7 Å². The first kappa shape index (κ1) is 14.6. The summed E-state index contributed by atoms with van der Waals surface area (Å²) >= 11 is 1.89. The van der Waals surface area contributed by atoms with Crippen LogP contribution in [0.5, 0.6) is 0 Å². The molecule has 0 bridgehead atoms. The van der Waals surface area contributed by atoms with E-state index < -0.39 is 0 Å². The molecule has 114 valence electrons. The average Bonchev–Trinajstić information content (AvgIpc) is 3.09. The third kappa shape index (κ3) is 3.67. The Hall–Kier alpha value is -1.29. The lowest BCUT2D eigenvalue weighted by molar-refractivity contribution is 0.355. The molecular formula is C17H25N3S. The molecule has 3 rings (SSSR count). The first-order valence-electron chi connectivity index (χ1n) is 8.07. The van der Waals surface area contributed by atoms with Crippen molar-refractivity contribution in [3.8, 4) is 0 Å². The monoisotopic (exact) mass is 303 g/mol. The van der Waals surface area contributed by atoms with Crippen molar-refractivity contribution in [2.24, 2.45) is 0 Å². The van der Waals surface area contributed by atoms with E-state index in [-0.39, 0.29) is 0 Å². The summed E-state index contributed by atoms with van der Waals surface area (Å²) in [5.41, 5.74) is 0. The fourth-order valence-corrected chi connectivity index (χ4v) is 4.27. The molecule has 1 aliphatic rings. The van der Waals surface area contributed by atoms with Gasteiger partial charge < -0.3 is 9.88 Å². The van der Waals surface area contributed by atoms with Crippen LogP contribution in [0.25, 0.3) is 0 Å². The molecule has 4 heteroatoms. The lowest BCUT2D eigenvalue weighted by Gasteiger charge is -2.25. The van der Waals surface area contributed by atoms with E-state index in [0.29, 0.717) is 12.1 Å². The highest BCUT2D eigenvalue weighted by Gasteiger charge is 2.18. The van der Waals surface area contributed by atoms with Crippen LogP contribution in [-0.4, -0.2) is 15.6 Å². The van der Waals surface area contributed by atoms with Crippen LogP contribution in [0.3, 0.4) is 0 Å². The van der Waals surface area contributed by atoms with E-state index in [2.05, 4.69) is 47.0 Å². The van der Waals surface area contributed by atoms with Crippen molar-refractivity contribution in [1.82, 2.24) is 9.55 Å². The third-order valence-corrected chi connectivity index (χ3v) is 5.34. The van der Waals surface area contributed by atoms with Gasteiger partial charge in [-0.1, -0.05) is 19.3 Å². The number of anilines is 1. The van der Waals surface area contributed by atoms with Crippen LogP contribution in [0.1, 0.15) is 54.8 Å². The molecule has 2 heterocycles. The van der Waals surface area contributed by atoms with Gasteiger partial charge in [0.15, 0.2) is 0 Å². The van der Waals surface area contributed by atoms with Gasteiger partial charge in [-0.2, -0.15) is 0 Å². The molecule has 1 atom stereocenters. The molecule has 21 heavy (non-hydrogen) atoms. The van der Waals surface area contributed by atoms with Gasteiger partial charge in [-0.25, -0.2) is 4.98 Å². The molecule has 0 aliphatic heterocycles. The summed E-state index contributed by atoms with van der Waals surface area (Å²) in [5, 5.41) is 3.60. The second kappa shape index (κ2) is 6.65. The highest BCUT2D eigenvalue weighted by molar-refractivity contribution is 7.11. The molecule has 3 nitrogen and oxygen atoms in total. The molecule has 2 aromatic rings. The number of aromatic nitrogens is 2. The molecule has 0 spiro atoms. The topological polar surface area (TPSA) is 29.9 Å². The summed E-state index contributed by atoms with van der Waals surface area (Å²) in [6, 6.07) is 5.49. The van der Waals surface area contributed by atoms with E-state index in [1.807, 2.05) is 17.5 Å². The number of rotatable bonds is 5. The Labute approximate surface area is 131 Å². The van der Waals surface area contributed by atoms with Gasteiger partial charge >= 0.3 is 0 Å². The Morgan fingerprint density at radius 2 is 2.14 bits per heavy atom. The Morgan fingerprint density at radius 1 is 1.33 bits per heavy atom. The molecule has 0 radical (unpaired) electrons. The van der Waals surface area contributed by atoms with Crippen molar-refractivity contribution >= 4 is 17.3 Å². The fourth-order valence-electron chi connectivity index (χ4n) is 3.25. The lowest BCUT2D eigenvalue weighted by atomic mass is 9.95. The molecule has 0 amide bonds. The van der Waals surface area contributed by atoms with E-state index in [0.717, 1.165) is 12.4 Å².